The summed E-state index contributed by atoms with van der Waals surface area (Å²) in [5.74, 6) is 0.950. The summed E-state index contributed by atoms with van der Waals surface area (Å²) >= 11 is 0. The maximum Gasteiger partial charge on any atom is 0.360 e. The Morgan fingerprint density at radius 2 is 2.28 bits per heavy atom. The Balaban J connectivity index is 1.95. The van der Waals surface area contributed by atoms with Gasteiger partial charge in [0.2, 0.25) is 0 Å². The van der Waals surface area contributed by atoms with E-state index in [1.165, 1.54) is 7.11 Å². The van der Waals surface area contributed by atoms with E-state index in [4.69, 9.17) is 9.26 Å². The molecule has 5 heteroatoms. The van der Waals surface area contributed by atoms with Gasteiger partial charge < -0.3 is 14.0 Å². The van der Waals surface area contributed by atoms with Crippen molar-refractivity contribution in [2.75, 3.05) is 13.7 Å². The van der Waals surface area contributed by atoms with E-state index in [0.29, 0.717) is 12.4 Å². The average molecular weight is 245 g/mol. The third kappa shape index (κ3) is 1.73. The molecule has 1 aliphatic heterocycles. The molecule has 0 saturated carbocycles. The van der Waals surface area contributed by atoms with E-state index in [0.717, 1.165) is 23.3 Å². The van der Waals surface area contributed by atoms with E-state index >= 15 is 0 Å². The third-order valence-corrected chi connectivity index (χ3v) is 2.88. The first-order valence-corrected chi connectivity index (χ1v) is 5.59. The van der Waals surface area contributed by atoms with Crippen LogP contribution in [0.25, 0.3) is 11.3 Å². The Labute approximate surface area is 103 Å². The molecule has 0 fully saturated rings. The molecule has 1 aromatic heterocycles. The second-order valence-electron chi connectivity index (χ2n) is 3.99. The highest BCUT2D eigenvalue weighted by Gasteiger charge is 2.17. The molecule has 2 heterocycles. The number of nitrogens with zero attached hydrogens (tertiary/aromatic N) is 1. The van der Waals surface area contributed by atoms with Crippen LogP contribution in [0, 0.1) is 0 Å². The minimum atomic E-state index is -0.505. The van der Waals surface area contributed by atoms with Crippen LogP contribution in [-0.4, -0.2) is 24.8 Å². The molecular weight excluding hydrogens is 234 g/mol. The minimum absolute atomic E-state index is 0.171. The normalized spacial score (nSPS) is 12.9. The van der Waals surface area contributed by atoms with Gasteiger partial charge in [-0.05, 0) is 23.8 Å². The van der Waals surface area contributed by atoms with E-state index in [1.807, 2.05) is 18.2 Å². The summed E-state index contributed by atoms with van der Waals surface area (Å²) in [5, 5.41) is 3.68. The van der Waals surface area contributed by atoms with Crippen molar-refractivity contribution >= 4 is 5.97 Å². The first-order valence-electron chi connectivity index (χ1n) is 5.59. The number of carbonyl (C=O) groups is 1. The Bertz CT molecular complexity index is 603. The predicted octanol–water partition coefficient (Wildman–Crippen LogP) is 2.06. The molecule has 0 amide bonds. The number of hydrogen-bond acceptors (Lipinski definition) is 5. The van der Waals surface area contributed by atoms with Crippen molar-refractivity contribution in [3.63, 3.8) is 0 Å². The van der Waals surface area contributed by atoms with Gasteiger partial charge in [0.1, 0.15) is 5.75 Å². The van der Waals surface area contributed by atoms with Crippen LogP contribution in [0.4, 0.5) is 0 Å². The fraction of sp³-hybridized carbons (Fsp3) is 0.231. The summed E-state index contributed by atoms with van der Waals surface area (Å²) in [6.45, 7) is 0.711. The molecular formula is C13H11NO4. The van der Waals surface area contributed by atoms with Gasteiger partial charge in [0, 0.05) is 18.1 Å². The van der Waals surface area contributed by atoms with Crippen LogP contribution in [-0.2, 0) is 11.2 Å². The standard InChI is InChI=1S/C13H11NO4/c1-16-13(15)10-7-12(18-14-10)8-2-3-11-9(6-8)4-5-17-11/h2-3,6-7H,4-5H2,1H3. The molecule has 1 aliphatic rings. The number of methoxy groups -OCH3 is 1. The molecule has 0 atom stereocenters. The molecule has 1 aromatic carbocycles. The molecule has 3 rings (SSSR count). The fourth-order valence-corrected chi connectivity index (χ4v) is 1.95. The summed E-state index contributed by atoms with van der Waals surface area (Å²) in [5.41, 5.74) is 2.19. The van der Waals surface area contributed by atoms with Crippen molar-refractivity contribution in [2.24, 2.45) is 0 Å². The molecule has 0 bridgehead atoms. The second kappa shape index (κ2) is 4.18. The van der Waals surface area contributed by atoms with Crippen LogP contribution in [0.5, 0.6) is 5.75 Å². The second-order valence-corrected chi connectivity index (χ2v) is 3.99. The molecule has 92 valence electrons. The van der Waals surface area contributed by atoms with Gasteiger partial charge in [-0.3, -0.25) is 0 Å². The zero-order valence-electron chi connectivity index (χ0n) is 9.80. The summed E-state index contributed by atoms with van der Waals surface area (Å²) in [6, 6.07) is 7.34. The molecule has 2 aromatic rings. The minimum Gasteiger partial charge on any atom is -0.493 e. The van der Waals surface area contributed by atoms with E-state index in [2.05, 4.69) is 9.89 Å². The van der Waals surface area contributed by atoms with Gasteiger partial charge in [-0.15, -0.1) is 0 Å². The number of aromatic nitrogens is 1. The first-order chi connectivity index (χ1) is 8.78. The molecule has 0 radical (unpaired) electrons. The highest BCUT2D eigenvalue weighted by atomic mass is 16.5. The van der Waals surface area contributed by atoms with E-state index < -0.39 is 5.97 Å². The van der Waals surface area contributed by atoms with Crippen LogP contribution >= 0.6 is 0 Å². The molecule has 0 N–H and O–H groups in total. The summed E-state index contributed by atoms with van der Waals surface area (Å²) in [7, 11) is 1.31. The highest BCUT2D eigenvalue weighted by molar-refractivity contribution is 5.88. The average Bonchev–Trinajstić information content (AvgIpc) is 3.05. The Kier molecular flexibility index (Phi) is 2.51. The molecule has 0 unspecified atom stereocenters. The van der Waals surface area contributed by atoms with Gasteiger partial charge in [-0.2, -0.15) is 0 Å². The topological polar surface area (TPSA) is 61.6 Å². The number of benzene rings is 1. The van der Waals surface area contributed by atoms with Gasteiger partial charge >= 0.3 is 5.97 Å². The number of ether oxygens (including phenoxy) is 2. The van der Waals surface area contributed by atoms with Crippen molar-refractivity contribution in [1.29, 1.82) is 0 Å². The Hall–Kier alpha value is -2.30. The number of rotatable bonds is 2. The van der Waals surface area contributed by atoms with Crippen LogP contribution in [0.3, 0.4) is 0 Å². The maximum absolute atomic E-state index is 11.3. The lowest BCUT2D eigenvalue weighted by Crippen LogP contribution is -2.00. The summed E-state index contributed by atoms with van der Waals surface area (Å²) in [4.78, 5) is 11.3. The number of hydrogen-bond donors (Lipinski definition) is 0. The van der Waals surface area contributed by atoms with Crippen LogP contribution in [0.2, 0.25) is 0 Å². The molecule has 0 saturated heterocycles. The molecule has 0 aliphatic carbocycles. The lowest BCUT2D eigenvalue weighted by Gasteiger charge is -2.00. The third-order valence-electron chi connectivity index (χ3n) is 2.88. The van der Waals surface area contributed by atoms with Gasteiger partial charge in [-0.1, -0.05) is 5.16 Å². The lowest BCUT2D eigenvalue weighted by molar-refractivity contribution is 0.0589. The van der Waals surface area contributed by atoms with Crippen LogP contribution in [0.1, 0.15) is 16.1 Å². The lowest BCUT2D eigenvalue weighted by atomic mass is 10.1. The van der Waals surface area contributed by atoms with E-state index in [1.54, 1.807) is 6.07 Å². The fourth-order valence-electron chi connectivity index (χ4n) is 1.95. The predicted molar refractivity (Wildman–Crippen MR) is 62.5 cm³/mol. The van der Waals surface area contributed by atoms with Gasteiger partial charge in [-0.25, -0.2) is 4.79 Å². The van der Waals surface area contributed by atoms with E-state index in [9.17, 15) is 4.79 Å². The van der Waals surface area contributed by atoms with Crippen molar-refractivity contribution in [1.82, 2.24) is 5.16 Å². The first kappa shape index (κ1) is 10.8. The monoisotopic (exact) mass is 245 g/mol. The SMILES string of the molecule is COC(=O)c1cc(-c2ccc3c(c2)CCO3)on1. The van der Waals surface area contributed by atoms with E-state index in [-0.39, 0.29) is 5.69 Å². The largest absolute Gasteiger partial charge is 0.493 e. The van der Waals surface area contributed by atoms with Crippen LogP contribution in [0.15, 0.2) is 28.8 Å². The quantitative estimate of drug-likeness (QED) is 0.758. The number of carbonyl (C=O) groups excluding carboxylic acids is 1. The zero-order chi connectivity index (χ0) is 12.5. The zero-order valence-corrected chi connectivity index (χ0v) is 9.80. The summed E-state index contributed by atoms with van der Waals surface area (Å²) < 4.78 is 15.1. The van der Waals surface area contributed by atoms with Crippen molar-refractivity contribution in [3.05, 3.63) is 35.5 Å². The molecule has 18 heavy (non-hydrogen) atoms. The van der Waals surface area contributed by atoms with Gasteiger partial charge in [0.25, 0.3) is 0 Å². The summed E-state index contributed by atoms with van der Waals surface area (Å²) in [6.07, 6.45) is 0.890. The smallest absolute Gasteiger partial charge is 0.360 e. The number of esters is 1. The highest BCUT2D eigenvalue weighted by Crippen LogP contribution is 2.30. The Morgan fingerprint density at radius 3 is 3.11 bits per heavy atom. The Morgan fingerprint density at radius 1 is 1.39 bits per heavy atom. The molecule has 5 nitrogen and oxygen atoms in total. The number of fused-ring (bicyclic) bond motifs is 1. The van der Waals surface area contributed by atoms with Crippen LogP contribution < -0.4 is 4.74 Å². The van der Waals surface area contributed by atoms with Gasteiger partial charge in [0.15, 0.2) is 11.5 Å². The van der Waals surface area contributed by atoms with Crippen molar-refractivity contribution in [2.45, 2.75) is 6.42 Å². The van der Waals surface area contributed by atoms with Gasteiger partial charge in [0.05, 0.1) is 13.7 Å². The van der Waals surface area contributed by atoms with Crippen molar-refractivity contribution < 1.29 is 18.8 Å². The maximum atomic E-state index is 11.3. The molecule has 0 spiro atoms. The van der Waals surface area contributed by atoms with Crippen molar-refractivity contribution in [3.8, 4) is 17.1 Å².